The number of fused-ring (bicyclic) bond motifs is 1. The summed E-state index contributed by atoms with van der Waals surface area (Å²) < 4.78 is 13.4. The fraction of sp³-hybridized carbons (Fsp3) is 0.292. The zero-order valence-corrected chi connectivity index (χ0v) is 20.0. The van der Waals surface area contributed by atoms with Crippen LogP contribution in [0.15, 0.2) is 56.8 Å². The molecule has 0 amide bonds. The Bertz CT molecular complexity index is 1380. The van der Waals surface area contributed by atoms with E-state index < -0.39 is 12.0 Å². The molecule has 0 unspecified atom stereocenters. The lowest BCUT2D eigenvalue weighted by Gasteiger charge is -2.26. The highest BCUT2D eigenvalue weighted by molar-refractivity contribution is 7.11. The van der Waals surface area contributed by atoms with Crippen molar-refractivity contribution in [2.45, 2.75) is 33.7 Å². The van der Waals surface area contributed by atoms with E-state index in [0.29, 0.717) is 33.0 Å². The minimum Gasteiger partial charge on any atom is -0.494 e. The van der Waals surface area contributed by atoms with Crippen LogP contribution in [-0.2, 0) is 9.53 Å². The topological polar surface area (TPSA) is 69.9 Å². The van der Waals surface area contributed by atoms with Gasteiger partial charge in [-0.1, -0.05) is 29.5 Å². The second-order valence-electron chi connectivity index (χ2n) is 7.24. The number of hydrogen-bond donors (Lipinski definition) is 0. The second kappa shape index (κ2) is 9.26. The molecule has 0 aliphatic carbocycles. The molecular formula is C24H24N2O4S2. The lowest BCUT2D eigenvalue weighted by molar-refractivity contribution is -0.139. The number of benzene rings is 1. The number of aryl methyl sites for hydroxylation is 1. The molecule has 8 heteroatoms. The molecule has 0 spiro atoms. The van der Waals surface area contributed by atoms with Crippen molar-refractivity contribution >= 4 is 34.7 Å². The number of para-hydroxylation sites is 1. The zero-order chi connectivity index (χ0) is 22.8. The van der Waals surface area contributed by atoms with Crippen molar-refractivity contribution in [2.24, 2.45) is 4.99 Å². The number of aromatic nitrogens is 1. The lowest BCUT2D eigenvalue weighted by atomic mass is 9.95. The molecule has 3 heterocycles. The van der Waals surface area contributed by atoms with E-state index in [-0.39, 0.29) is 12.2 Å². The van der Waals surface area contributed by atoms with Crippen molar-refractivity contribution < 1.29 is 14.3 Å². The Morgan fingerprint density at radius 2 is 1.97 bits per heavy atom. The first kappa shape index (κ1) is 22.2. The lowest BCUT2D eigenvalue weighted by Crippen LogP contribution is -2.40. The maximum Gasteiger partial charge on any atom is 0.338 e. The van der Waals surface area contributed by atoms with E-state index in [2.05, 4.69) is 4.99 Å². The zero-order valence-electron chi connectivity index (χ0n) is 18.4. The maximum absolute atomic E-state index is 13.6. The first-order valence-corrected chi connectivity index (χ1v) is 12.1. The van der Waals surface area contributed by atoms with Crippen LogP contribution in [0.4, 0.5) is 0 Å². The fourth-order valence-corrected chi connectivity index (χ4v) is 5.69. The van der Waals surface area contributed by atoms with E-state index in [1.807, 2.05) is 55.6 Å². The van der Waals surface area contributed by atoms with Crippen molar-refractivity contribution in [2.75, 3.05) is 13.2 Å². The molecular weight excluding hydrogens is 444 g/mol. The quantitative estimate of drug-likeness (QED) is 0.519. The summed E-state index contributed by atoms with van der Waals surface area (Å²) in [5.74, 6) is 0.147. The van der Waals surface area contributed by atoms with E-state index in [4.69, 9.17) is 9.47 Å². The van der Waals surface area contributed by atoms with Gasteiger partial charge in [-0.05, 0) is 56.8 Å². The molecule has 0 radical (unpaired) electrons. The highest BCUT2D eigenvalue weighted by Crippen LogP contribution is 2.35. The summed E-state index contributed by atoms with van der Waals surface area (Å²) in [7, 11) is 0. The third-order valence-electron chi connectivity index (χ3n) is 5.19. The van der Waals surface area contributed by atoms with Crippen molar-refractivity contribution in [3.8, 4) is 5.75 Å². The van der Waals surface area contributed by atoms with Gasteiger partial charge < -0.3 is 9.47 Å². The Hall–Kier alpha value is -2.97. The van der Waals surface area contributed by atoms with Crippen LogP contribution < -0.4 is 19.6 Å². The number of allylic oxidation sites excluding steroid dienone is 1. The minimum absolute atomic E-state index is 0.188. The molecule has 0 bridgehead atoms. The van der Waals surface area contributed by atoms with Gasteiger partial charge in [-0.3, -0.25) is 9.36 Å². The van der Waals surface area contributed by atoms with Crippen molar-refractivity contribution in [1.29, 1.82) is 0 Å². The molecule has 166 valence electrons. The van der Waals surface area contributed by atoms with E-state index in [1.54, 1.807) is 29.8 Å². The molecule has 0 fully saturated rings. The van der Waals surface area contributed by atoms with E-state index in [0.717, 1.165) is 16.0 Å². The van der Waals surface area contributed by atoms with Gasteiger partial charge in [-0.25, -0.2) is 9.79 Å². The van der Waals surface area contributed by atoms with Crippen molar-refractivity contribution in [1.82, 2.24) is 4.57 Å². The number of nitrogens with zero attached hydrogens (tertiary/aromatic N) is 2. The van der Waals surface area contributed by atoms with Crippen LogP contribution in [0.2, 0.25) is 0 Å². The van der Waals surface area contributed by atoms with Gasteiger partial charge in [0.1, 0.15) is 11.8 Å². The SMILES string of the molecule is CCOC(=O)C1=C(C)N=c2s/c(=C\c3sccc3C)c(=O)n2[C@@H]1c1ccccc1OCC. The summed E-state index contributed by atoms with van der Waals surface area (Å²) in [6.45, 7) is 8.16. The van der Waals surface area contributed by atoms with Crippen LogP contribution in [0, 0.1) is 6.92 Å². The number of carbonyl (C=O) groups excluding carboxylic acids is 1. The van der Waals surface area contributed by atoms with Crippen LogP contribution in [-0.4, -0.2) is 23.8 Å². The fourth-order valence-electron chi connectivity index (χ4n) is 3.73. The smallest absolute Gasteiger partial charge is 0.338 e. The average Bonchev–Trinajstić information content (AvgIpc) is 3.31. The predicted octanol–water partition coefficient (Wildman–Crippen LogP) is 3.57. The largest absolute Gasteiger partial charge is 0.494 e. The van der Waals surface area contributed by atoms with E-state index in [9.17, 15) is 9.59 Å². The van der Waals surface area contributed by atoms with Gasteiger partial charge in [0.15, 0.2) is 4.80 Å². The number of hydrogen-bond acceptors (Lipinski definition) is 7. The van der Waals surface area contributed by atoms with Gasteiger partial charge in [0.2, 0.25) is 0 Å². The van der Waals surface area contributed by atoms with Gasteiger partial charge >= 0.3 is 5.97 Å². The summed E-state index contributed by atoms with van der Waals surface area (Å²) in [4.78, 5) is 32.8. The molecule has 3 aromatic rings. The molecule has 6 nitrogen and oxygen atoms in total. The summed E-state index contributed by atoms with van der Waals surface area (Å²) in [5.41, 5.74) is 2.55. The highest BCUT2D eigenvalue weighted by Gasteiger charge is 2.35. The van der Waals surface area contributed by atoms with E-state index in [1.165, 1.54) is 11.3 Å². The molecule has 0 saturated carbocycles. The first-order valence-electron chi connectivity index (χ1n) is 10.4. The molecule has 0 N–H and O–H groups in total. The van der Waals surface area contributed by atoms with E-state index >= 15 is 0 Å². The van der Waals surface area contributed by atoms with Crippen LogP contribution in [0.3, 0.4) is 0 Å². The van der Waals surface area contributed by atoms with Crippen molar-refractivity contribution in [3.63, 3.8) is 0 Å². The number of ether oxygens (including phenoxy) is 2. The summed E-state index contributed by atoms with van der Waals surface area (Å²) in [5, 5.41) is 2.00. The summed E-state index contributed by atoms with van der Waals surface area (Å²) >= 11 is 2.91. The molecule has 2 aromatic heterocycles. The third kappa shape index (κ3) is 3.96. The molecule has 1 aromatic carbocycles. The van der Waals surface area contributed by atoms with Crippen molar-refractivity contribution in [3.05, 3.63) is 82.7 Å². The van der Waals surface area contributed by atoms with Gasteiger partial charge in [-0.2, -0.15) is 0 Å². The van der Waals surface area contributed by atoms with Gasteiger partial charge in [0.05, 0.1) is 29.0 Å². The van der Waals surface area contributed by atoms with Crippen LogP contribution in [0.1, 0.15) is 42.8 Å². The summed E-state index contributed by atoms with van der Waals surface area (Å²) in [6, 6.07) is 8.83. The second-order valence-corrected chi connectivity index (χ2v) is 9.20. The molecule has 1 aliphatic rings. The molecule has 1 aliphatic heterocycles. The van der Waals surface area contributed by atoms with Gasteiger partial charge in [0, 0.05) is 10.4 Å². The number of carbonyl (C=O) groups is 1. The average molecular weight is 469 g/mol. The molecule has 4 rings (SSSR count). The van der Waals surface area contributed by atoms with Crippen LogP contribution >= 0.6 is 22.7 Å². The number of thiophene rings is 1. The molecule has 32 heavy (non-hydrogen) atoms. The predicted molar refractivity (Wildman–Crippen MR) is 127 cm³/mol. The monoisotopic (exact) mass is 468 g/mol. The highest BCUT2D eigenvalue weighted by atomic mass is 32.1. The number of esters is 1. The summed E-state index contributed by atoms with van der Waals surface area (Å²) in [6.07, 6.45) is 1.90. The Morgan fingerprint density at radius 3 is 2.66 bits per heavy atom. The Labute approximate surface area is 193 Å². The molecule has 0 saturated heterocycles. The first-order chi connectivity index (χ1) is 15.5. The molecule has 1 atom stereocenters. The normalized spacial score (nSPS) is 16.0. The number of rotatable bonds is 6. The minimum atomic E-state index is -0.681. The Morgan fingerprint density at radius 1 is 1.19 bits per heavy atom. The standard InChI is InChI=1S/C24H24N2O4S2/c1-5-29-17-10-8-7-9-16(17)21-20(23(28)30-6-2)15(4)25-24-26(21)22(27)19(32-24)13-18-14(3)11-12-31-18/h7-13,21H,5-6H2,1-4H3/b19-13-/t21-/m1/s1. The Kier molecular flexibility index (Phi) is 6.43. The van der Waals surface area contributed by atoms with Gasteiger partial charge in [0.25, 0.3) is 5.56 Å². The number of thiazole rings is 1. The third-order valence-corrected chi connectivity index (χ3v) is 7.14. The Balaban J connectivity index is 2.00. The van der Waals surface area contributed by atoms with Gasteiger partial charge in [-0.15, -0.1) is 11.3 Å². The maximum atomic E-state index is 13.6. The van der Waals surface area contributed by atoms with Crippen LogP contribution in [0.5, 0.6) is 5.75 Å². The van der Waals surface area contributed by atoms with Crippen LogP contribution in [0.25, 0.3) is 6.08 Å².